The number of hydrogen-bond acceptors (Lipinski definition) is 3. The van der Waals surface area contributed by atoms with E-state index in [4.69, 9.17) is 4.42 Å². The third kappa shape index (κ3) is 1.57. The zero-order valence-corrected chi connectivity index (χ0v) is 11.4. The van der Waals surface area contributed by atoms with Gasteiger partial charge in [0.05, 0.1) is 5.39 Å². The number of phenolic OH excluding ortho intramolecular Hbond substituents is 1. The van der Waals surface area contributed by atoms with Crippen molar-refractivity contribution in [3.63, 3.8) is 0 Å². The zero-order valence-electron chi connectivity index (χ0n) is 11.4. The van der Waals surface area contributed by atoms with Gasteiger partial charge in [0, 0.05) is 16.3 Å². The van der Waals surface area contributed by atoms with E-state index in [-0.39, 0.29) is 11.4 Å². The first-order chi connectivity index (χ1) is 10.2. The van der Waals surface area contributed by atoms with Crippen molar-refractivity contribution >= 4 is 32.5 Å². The maximum Gasteiger partial charge on any atom is 0.344 e. The fourth-order valence-corrected chi connectivity index (χ4v) is 2.89. The lowest BCUT2D eigenvalue weighted by atomic mass is 9.99. The molecular formula is C18H12O3. The quantitative estimate of drug-likeness (QED) is 0.388. The Kier molecular flexibility index (Phi) is 2.33. The molecule has 0 aliphatic carbocycles. The highest BCUT2D eigenvalue weighted by molar-refractivity contribution is 6.18. The van der Waals surface area contributed by atoms with E-state index in [0.717, 1.165) is 21.5 Å². The summed E-state index contributed by atoms with van der Waals surface area (Å²) >= 11 is 0. The number of aromatic hydroxyl groups is 1. The smallest absolute Gasteiger partial charge is 0.344 e. The van der Waals surface area contributed by atoms with Crippen LogP contribution < -0.4 is 5.63 Å². The lowest BCUT2D eigenvalue weighted by molar-refractivity contribution is 0.468. The van der Waals surface area contributed by atoms with E-state index in [1.807, 2.05) is 30.3 Å². The Morgan fingerprint density at radius 3 is 2.52 bits per heavy atom. The van der Waals surface area contributed by atoms with Crippen LogP contribution in [-0.4, -0.2) is 5.11 Å². The van der Waals surface area contributed by atoms with Gasteiger partial charge in [0.2, 0.25) is 0 Å². The van der Waals surface area contributed by atoms with Crippen molar-refractivity contribution in [1.82, 2.24) is 0 Å². The standard InChI is InChI=1S/C18H12O3/c1-10-15(19)9-8-13-16-12-5-3-2-4-11(12)6-7-14(16)18(20)21-17(10)13/h2-9,19H,1H3. The van der Waals surface area contributed by atoms with Gasteiger partial charge in [-0.2, -0.15) is 0 Å². The van der Waals surface area contributed by atoms with Gasteiger partial charge in [-0.25, -0.2) is 4.79 Å². The minimum Gasteiger partial charge on any atom is -0.508 e. The summed E-state index contributed by atoms with van der Waals surface area (Å²) in [7, 11) is 0. The number of benzene rings is 3. The van der Waals surface area contributed by atoms with Gasteiger partial charge >= 0.3 is 5.63 Å². The maximum absolute atomic E-state index is 12.3. The first-order valence-corrected chi connectivity index (χ1v) is 6.73. The van der Waals surface area contributed by atoms with E-state index in [0.29, 0.717) is 16.5 Å². The molecule has 0 bridgehead atoms. The predicted octanol–water partition coefficient (Wildman–Crippen LogP) is 4.11. The Bertz CT molecular complexity index is 1070. The molecule has 3 aromatic carbocycles. The molecule has 0 fully saturated rings. The van der Waals surface area contributed by atoms with Crippen LogP contribution in [0.5, 0.6) is 5.75 Å². The highest BCUT2D eigenvalue weighted by Gasteiger charge is 2.13. The molecule has 3 nitrogen and oxygen atoms in total. The number of rotatable bonds is 0. The fraction of sp³-hybridized carbons (Fsp3) is 0.0556. The van der Waals surface area contributed by atoms with Gasteiger partial charge in [0.15, 0.2) is 0 Å². The lowest BCUT2D eigenvalue weighted by Gasteiger charge is -2.08. The molecule has 0 amide bonds. The molecule has 0 aliphatic rings. The second-order valence-corrected chi connectivity index (χ2v) is 5.19. The highest BCUT2D eigenvalue weighted by atomic mass is 16.4. The van der Waals surface area contributed by atoms with Gasteiger partial charge in [-0.15, -0.1) is 0 Å². The van der Waals surface area contributed by atoms with Crippen molar-refractivity contribution in [2.45, 2.75) is 6.92 Å². The molecule has 4 rings (SSSR count). The number of hydrogen-bond donors (Lipinski definition) is 1. The predicted molar refractivity (Wildman–Crippen MR) is 83.9 cm³/mol. The minimum atomic E-state index is -0.378. The summed E-state index contributed by atoms with van der Waals surface area (Å²) in [5, 5.41) is 14.2. The molecule has 4 aromatic rings. The second kappa shape index (κ2) is 4.09. The summed E-state index contributed by atoms with van der Waals surface area (Å²) in [4.78, 5) is 12.3. The molecule has 1 N–H and O–H groups in total. The van der Waals surface area contributed by atoms with E-state index < -0.39 is 0 Å². The van der Waals surface area contributed by atoms with Crippen LogP contribution in [0, 0.1) is 6.92 Å². The zero-order chi connectivity index (χ0) is 14.6. The molecule has 0 saturated heterocycles. The van der Waals surface area contributed by atoms with E-state index in [1.165, 1.54) is 0 Å². The third-order valence-electron chi connectivity index (χ3n) is 3.99. The Balaban J connectivity index is 2.41. The second-order valence-electron chi connectivity index (χ2n) is 5.19. The van der Waals surface area contributed by atoms with Crippen LogP contribution in [0.2, 0.25) is 0 Å². The highest BCUT2D eigenvalue weighted by Crippen LogP contribution is 2.33. The van der Waals surface area contributed by atoms with Crippen molar-refractivity contribution < 1.29 is 9.52 Å². The molecule has 0 saturated carbocycles. The normalized spacial score (nSPS) is 11.5. The van der Waals surface area contributed by atoms with Gasteiger partial charge in [0.25, 0.3) is 0 Å². The largest absolute Gasteiger partial charge is 0.508 e. The first-order valence-electron chi connectivity index (χ1n) is 6.73. The van der Waals surface area contributed by atoms with Crippen molar-refractivity contribution in [3.8, 4) is 5.75 Å². The van der Waals surface area contributed by atoms with E-state index in [9.17, 15) is 9.90 Å². The molecule has 0 radical (unpaired) electrons. The molecule has 0 unspecified atom stereocenters. The summed E-state index contributed by atoms with van der Waals surface area (Å²) in [6.45, 7) is 1.75. The van der Waals surface area contributed by atoms with Crippen LogP contribution >= 0.6 is 0 Å². The minimum absolute atomic E-state index is 0.130. The summed E-state index contributed by atoms with van der Waals surface area (Å²) in [6, 6.07) is 15.1. The summed E-state index contributed by atoms with van der Waals surface area (Å²) in [5.74, 6) is 0.130. The van der Waals surface area contributed by atoms with Crippen LogP contribution in [0.1, 0.15) is 5.56 Å². The third-order valence-corrected chi connectivity index (χ3v) is 3.99. The average Bonchev–Trinajstić information content (AvgIpc) is 2.51. The van der Waals surface area contributed by atoms with Gasteiger partial charge in [0.1, 0.15) is 11.3 Å². The monoisotopic (exact) mass is 276 g/mol. The van der Waals surface area contributed by atoms with E-state index in [2.05, 4.69) is 0 Å². The molecule has 102 valence electrons. The van der Waals surface area contributed by atoms with Crippen LogP contribution in [0.15, 0.2) is 57.7 Å². The molecular weight excluding hydrogens is 264 g/mol. The van der Waals surface area contributed by atoms with Crippen molar-refractivity contribution in [2.24, 2.45) is 0 Å². The topological polar surface area (TPSA) is 50.4 Å². The van der Waals surface area contributed by atoms with Gasteiger partial charge in [-0.05, 0) is 35.9 Å². The molecule has 1 aromatic heterocycles. The van der Waals surface area contributed by atoms with Crippen LogP contribution in [0.25, 0.3) is 32.5 Å². The molecule has 0 spiro atoms. The van der Waals surface area contributed by atoms with E-state index in [1.54, 1.807) is 25.1 Å². The molecule has 3 heteroatoms. The van der Waals surface area contributed by atoms with Gasteiger partial charge in [-0.1, -0.05) is 30.3 Å². The fourth-order valence-electron chi connectivity index (χ4n) is 2.89. The SMILES string of the molecule is Cc1c(O)ccc2c1oc(=O)c1ccc3ccccc3c12. The number of phenols is 1. The maximum atomic E-state index is 12.3. The van der Waals surface area contributed by atoms with Crippen LogP contribution in [0.4, 0.5) is 0 Å². The number of fused-ring (bicyclic) bond motifs is 5. The molecule has 1 heterocycles. The molecule has 21 heavy (non-hydrogen) atoms. The van der Waals surface area contributed by atoms with Crippen LogP contribution in [0.3, 0.4) is 0 Å². The van der Waals surface area contributed by atoms with Gasteiger partial charge < -0.3 is 9.52 Å². The lowest BCUT2D eigenvalue weighted by Crippen LogP contribution is -2.01. The summed E-state index contributed by atoms with van der Waals surface area (Å²) < 4.78 is 5.42. The average molecular weight is 276 g/mol. The van der Waals surface area contributed by atoms with Gasteiger partial charge in [-0.3, -0.25) is 0 Å². The summed E-state index contributed by atoms with van der Waals surface area (Å²) in [6.07, 6.45) is 0. The Morgan fingerprint density at radius 2 is 1.67 bits per heavy atom. The molecule has 0 atom stereocenters. The Labute approximate surface area is 120 Å². The Morgan fingerprint density at radius 1 is 0.905 bits per heavy atom. The van der Waals surface area contributed by atoms with Crippen molar-refractivity contribution in [3.05, 3.63) is 64.5 Å². The van der Waals surface area contributed by atoms with E-state index >= 15 is 0 Å². The van der Waals surface area contributed by atoms with Crippen molar-refractivity contribution in [1.29, 1.82) is 0 Å². The van der Waals surface area contributed by atoms with Crippen molar-refractivity contribution in [2.75, 3.05) is 0 Å². The number of aryl methyl sites for hydroxylation is 1. The molecule has 0 aliphatic heterocycles. The Hall–Kier alpha value is -2.81. The first kappa shape index (κ1) is 12.0. The summed E-state index contributed by atoms with van der Waals surface area (Å²) in [5.41, 5.74) is 0.653. The van der Waals surface area contributed by atoms with Crippen LogP contribution in [-0.2, 0) is 0 Å².